The number of nitrogens with zero attached hydrogens (tertiary/aromatic N) is 2. The van der Waals surface area contributed by atoms with Crippen LogP contribution in [0.2, 0.25) is 0 Å². The maximum atomic E-state index is 13.4. The molecule has 32 heavy (non-hydrogen) atoms. The van der Waals surface area contributed by atoms with Gasteiger partial charge in [0.25, 0.3) is 10.0 Å². The number of aromatic nitrogens is 2. The summed E-state index contributed by atoms with van der Waals surface area (Å²) in [7, 11) is -4.20. The molecule has 3 aromatic rings. The Kier molecular flexibility index (Phi) is 6.31. The number of halogens is 3. The zero-order chi connectivity index (χ0) is 23.7. The lowest BCUT2D eigenvalue weighted by Gasteiger charge is -2.24. The van der Waals surface area contributed by atoms with Crippen molar-refractivity contribution in [2.45, 2.75) is 31.8 Å². The molecule has 0 saturated heterocycles. The summed E-state index contributed by atoms with van der Waals surface area (Å²) in [5.74, 6) is -0.799. The number of alkyl halides is 3. The highest BCUT2D eigenvalue weighted by Gasteiger charge is 2.33. The molecule has 0 aliphatic rings. The molecule has 2 aromatic carbocycles. The minimum Gasteiger partial charge on any atom is -0.325 e. The monoisotopic (exact) mass is 466 g/mol. The molecule has 0 aliphatic carbocycles. The molecule has 2 N–H and O–H groups in total. The van der Waals surface area contributed by atoms with Gasteiger partial charge in [-0.05, 0) is 51.1 Å². The van der Waals surface area contributed by atoms with Crippen molar-refractivity contribution >= 4 is 27.3 Å². The summed E-state index contributed by atoms with van der Waals surface area (Å²) < 4.78 is 66.6. The average molecular weight is 466 g/mol. The maximum absolute atomic E-state index is 13.4. The molecule has 0 atom stereocenters. The van der Waals surface area contributed by atoms with Crippen LogP contribution in [0.1, 0.15) is 22.5 Å². The van der Waals surface area contributed by atoms with Gasteiger partial charge in [0, 0.05) is 5.69 Å². The van der Waals surface area contributed by atoms with Gasteiger partial charge in [0.05, 0.1) is 22.6 Å². The summed E-state index contributed by atoms with van der Waals surface area (Å²) >= 11 is 0. The molecule has 0 bridgehead atoms. The molecular weight excluding hydrogens is 445 g/mol. The van der Waals surface area contributed by atoms with Gasteiger partial charge >= 0.3 is 6.18 Å². The number of aromatic amines is 1. The minimum absolute atomic E-state index is 0.0649. The van der Waals surface area contributed by atoms with E-state index in [1.165, 1.54) is 13.0 Å². The second-order valence-corrected chi connectivity index (χ2v) is 9.04. The Morgan fingerprint density at radius 3 is 2.31 bits per heavy atom. The van der Waals surface area contributed by atoms with Crippen molar-refractivity contribution in [3.05, 3.63) is 71.0 Å². The Labute approximate surface area is 183 Å². The third-order valence-corrected chi connectivity index (χ3v) is 6.73. The fraction of sp³-hybridized carbons (Fsp3) is 0.238. The smallest absolute Gasteiger partial charge is 0.325 e. The molecule has 0 saturated carbocycles. The van der Waals surface area contributed by atoms with Crippen molar-refractivity contribution in [2.24, 2.45) is 0 Å². The first-order chi connectivity index (χ1) is 14.9. The van der Waals surface area contributed by atoms with Crippen molar-refractivity contribution < 1.29 is 26.4 Å². The van der Waals surface area contributed by atoms with E-state index in [9.17, 15) is 26.4 Å². The number of amides is 1. The average Bonchev–Trinajstić information content (AvgIpc) is 3.05. The van der Waals surface area contributed by atoms with Gasteiger partial charge in [0.15, 0.2) is 0 Å². The Morgan fingerprint density at radius 2 is 1.75 bits per heavy atom. The summed E-state index contributed by atoms with van der Waals surface area (Å²) in [5, 5.41) is 8.87. The van der Waals surface area contributed by atoms with Crippen molar-refractivity contribution in [3.63, 3.8) is 0 Å². The van der Waals surface area contributed by atoms with E-state index in [0.717, 1.165) is 28.1 Å². The normalized spacial score (nSPS) is 11.9. The zero-order valence-electron chi connectivity index (χ0n) is 17.5. The highest BCUT2D eigenvalue weighted by molar-refractivity contribution is 7.93. The molecule has 1 heterocycles. The molecule has 7 nitrogen and oxygen atoms in total. The van der Waals surface area contributed by atoms with Crippen LogP contribution in [-0.2, 0) is 21.0 Å². The Hall–Kier alpha value is -3.34. The molecule has 0 spiro atoms. The highest BCUT2D eigenvalue weighted by atomic mass is 32.2. The van der Waals surface area contributed by atoms with Gasteiger partial charge < -0.3 is 5.32 Å². The number of aryl methyl sites for hydroxylation is 3. The molecular formula is C21H21F3N4O3S. The number of hydrogen-bond donors (Lipinski definition) is 2. The van der Waals surface area contributed by atoms with Gasteiger partial charge in [-0.3, -0.25) is 14.2 Å². The van der Waals surface area contributed by atoms with E-state index >= 15 is 0 Å². The number of carbonyl (C=O) groups is 1. The van der Waals surface area contributed by atoms with Crippen LogP contribution in [0.5, 0.6) is 0 Å². The molecule has 0 unspecified atom stereocenters. The van der Waals surface area contributed by atoms with Gasteiger partial charge in [0.2, 0.25) is 5.91 Å². The van der Waals surface area contributed by atoms with Gasteiger partial charge in [-0.25, -0.2) is 8.42 Å². The highest BCUT2D eigenvalue weighted by Crippen LogP contribution is 2.31. The van der Waals surface area contributed by atoms with Crippen LogP contribution in [-0.4, -0.2) is 31.1 Å². The zero-order valence-corrected chi connectivity index (χ0v) is 18.3. The van der Waals surface area contributed by atoms with Gasteiger partial charge in [-0.15, -0.1) is 0 Å². The quantitative estimate of drug-likeness (QED) is 0.570. The van der Waals surface area contributed by atoms with Crippen LogP contribution < -0.4 is 9.62 Å². The van der Waals surface area contributed by atoms with Crippen molar-refractivity contribution in [1.29, 1.82) is 0 Å². The molecule has 11 heteroatoms. The van der Waals surface area contributed by atoms with E-state index in [4.69, 9.17) is 0 Å². The minimum atomic E-state index is -4.58. The van der Waals surface area contributed by atoms with E-state index in [2.05, 4.69) is 15.5 Å². The van der Waals surface area contributed by atoms with Crippen molar-refractivity contribution in [2.75, 3.05) is 16.2 Å². The second-order valence-electron chi connectivity index (χ2n) is 7.24. The fourth-order valence-electron chi connectivity index (χ4n) is 3.16. The van der Waals surface area contributed by atoms with Crippen molar-refractivity contribution in [1.82, 2.24) is 10.2 Å². The van der Waals surface area contributed by atoms with Crippen LogP contribution in [0.25, 0.3) is 0 Å². The van der Waals surface area contributed by atoms with E-state index < -0.39 is 34.2 Å². The Bertz CT molecular complexity index is 1220. The molecule has 0 aliphatic heterocycles. The third kappa shape index (κ3) is 4.93. The number of H-pyrrole nitrogens is 1. The number of hydrogen-bond acceptors (Lipinski definition) is 4. The van der Waals surface area contributed by atoms with Crippen LogP contribution in [0, 0.1) is 20.8 Å². The Morgan fingerprint density at radius 1 is 1.09 bits per heavy atom. The maximum Gasteiger partial charge on any atom is 0.416 e. The van der Waals surface area contributed by atoms with Gasteiger partial charge in [0.1, 0.15) is 11.4 Å². The van der Waals surface area contributed by atoms with Gasteiger partial charge in [-0.1, -0.05) is 23.8 Å². The second kappa shape index (κ2) is 8.65. The number of nitrogens with one attached hydrogen (secondary N) is 2. The summed E-state index contributed by atoms with van der Waals surface area (Å²) in [5.41, 5.74) is 0.630. The summed E-state index contributed by atoms with van der Waals surface area (Å²) in [6.45, 7) is 4.24. The predicted molar refractivity (Wildman–Crippen MR) is 114 cm³/mol. The van der Waals surface area contributed by atoms with E-state index in [-0.39, 0.29) is 22.0 Å². The number of carbonyl (C=O) groups excluding carboxylic acids is 1. The summed E-state index contributed by atoms with van der Waals surface area (Å²) in [6, 6.07) is 10.6. The van der Waals surface area contributed by atoms with E-state index in [0.29, 0.717) is 5.69 Å². The van der Waals surface area contributed by atoms with Crippen LogP contribution in [0.15, 0.2) is 53.4 Å². The molecule has 0 radical (unpaired) electrons. The fourth-order valence-corrected chi connectivity index (χ4v) is 4.92. The first-order valence-electron chi connectivity index (χ1n) is 9.47. The SMILES string of the molecule is Cc1ccc(N(CC(=O)Nc2cccc(C(F)(F)F)c2)S(=O)(=O)c2c(C)n[nH]c2C)cc1. The summed E-state index contributed by atoms with van der Waals surface area (Å²) in [4.78, 5) is 12.6. The topological polar surface area (TPSA) is 95.2 Å². The number of benzene rings is 2. The van der Waals surface area contributed by atoms with Crippen LogP contribution >= 0.6 is 0 Å². The van der Waals surface area contributed by atoms with Crippen LogP contribution in [0.3, 0.4) is 0 Å². The predicted octanol–water partition coefficient (Wildman–Crippen LogP) is 4.19. The molecule has 170 valence electrons. The van der Waals surface area contributed by atoms with E-state index in [1.54, 1.807) is 31.2 Å². The molecule has 1 aromatic heterocycles. The largest absolute Gasteiger partial charge is 0.416 e. The molecule has 0 fully saturated rings. The number of sulfonamides is 1. The van der Waals surface area contributed by atoms with E-state index in [1.807, 2.05) is 6.92 Å². The number of rotatable bonds is 6. The van der Waals surface area contributed by atoms with Gasteiger partial charge in [-0.2, -0.15) is 18.3 Å². The third-order valence-electron chi connectivity index (χ3n) is 4.69. The lowest BCUT2D eigenvalue weighted by Crippen LogP contribution is -2.38. The van der Waals surface area contributed by atoms with Crippen LogP contribution in [0.4, 0.5) is 24.5 Å². The molecule has 3 rings (SSSR count). The lowest BCUT2D eigenvalue weighted by molar-refractivity contribution is -0.137. The first-order valence-corrected chi connectivity index (χ1v) is 10.9. The first kappa shape index (κ1) is 23.3. The summed E-state index contributed by atoms with van der Waals surface area (Å²) in [6.07, 6.45) is -4.58. The standard InChI is InChI=1S/C21H21F3N4O3S/c1-13-7-9-18(10-8-13)28(32(30,31)20-14(2)26-27-15(20)3)12-19(29)25-17-6-4-5-16(11-17)21(22,23)24/h4-11H,12H2,1-3H3,(H,25,29)(H,26,27). The number of anilines is 2. The molecule has 1 amide bonds. The Balaban J connectivity index is 1.95. The lowest BCUT2D eigenvalue weighted by atomic mass is 10.2. The van der Waals surface area contributed by atoms with Crippen molar-refractivity contribution in [3.8, 4) is 0 Å².